The molecular formula is C36H44F4N4OS. The summed E-state index contributed by atoms with van der Waals surface area (Å²) in [6.45, 7) is 5.63. The van der Waals surface area contributed by atoms with E-state index in [0.717, 1.165) is 29.7 Å². The first-order chi connectivity index (χ1) is 22.0. The number of nitrogens with one attached hydrogen (secondary N) is 3. The van der Waals surface area contributed by atoms with Crippen LogP contribution in [-0.4, -0.2) is 18.3 Å². The fourth-order valence-corrected chi connectivity index (χ4v) is 5.83. The van der Waals surface area contributed by atoms with Crippen LogP contribution < -0.4 is 21.1 Å². The largest absolute Gasteiger partial charge is 0.416 e. The number of hydrogen-bond donors (Lipinski definition) is 4. The summed E-state index contributed by atoms with van der Waals surface area (Å²) in [6.07, 6.45) is 12.9. The van der Waals surface area contributed by atoms with E-state index < -0.39 is 34.7 Å². The molecule has 1 atom stereocenters. The van der Waals surface area contributed by atoms with Gasteiger partial charge in [-0.2, -0.15) is 13.2 Å². The van der Waals surface area contributed by atoms with Crippen LogP contribution in [0.4, 0.5) is 28.9 Å². The molecule has 0 heterocycles. The van der Waals surface area contributed by atoms with E-state index >= 15 is 4.39 Å². The van der Waals surface area contributed by atoms with E-state index in [1.54, 1.807) is 43.3 Å². The van der Waals surface area contributed by atoms with Crippen molar-refractivity contribution < 1.29 is 22.4 Å². The Morgan fingerprint density at radius 1 is 1.07 bits per heavy atom. The molecule has 1 aliphatic rings. The van der Waals surface area contributed by atoms with Gasteiger partial charge in [0.25, 0.3) is 5.91 Å². The minimum absolute atomic E-state index is 0.0975. The molecule has 0 radical (unpaired) electrons. The van der Waals surface area contributed by atoms with Crippen molar-refractivity contribution in [3.05, 3.63) is 119 Å². The molecule has 0 bridgehead atoms. The van der Waals surface area contributed by atoms with Crippen LogP contribution in [0, 0.1) is 11.7 Å². The lowest BCUT2D eigenvalue weighted by Crippen LogP contribution is -2.40. The summed E-state index contributed by atoms with van der Waals surface area (Å²) in [5.41, 5.74) is 6.20. The van der Waals surface area contributed by atoms with Gasteiger partial charge in [0.15, 0.2) is 0 Å². The van der Waals surface area contributed by atoms with Gasteiger partial charge in [-0.25, -0.2) is 9.11 Å². The zero-order chi connectivity index (χ0) is 33.7. The monoisotopic (exact) mass is 656 g/mol. The highest BCUT2D eigenvalue weighted by Crippen LogP contribution is 2.43. The van der Waals surface area contributed by atoms with E-state index in [9.17, 15) is 18.0 Å². The van der Waals surface area contributed by atoms with Crippen molar-refractivity contribution in [1.82, 2.24) is 4.72 Å². The summed E-state index contributed by atoms with van der Waals surface area (Å²) < 4.78 is 60.8. The molecule has 1 amide bonds. The van der Waals surface area contributed by atoms with Crippen LogP contribution in [0.25, 0.3) is 0 Å². The average Bonchev–Trinajstić information content (AvgIpc) is 3.86. The highest BCUT2D eigenvalue weighted by atomic mass is 32.2. The molecule has 1 aliphatic carbocycles. The van der Waals surface area contributed by atoms with Gasteiger partial charge in [-0.05, 0) is 92.3 Å². The molecule has 5 nitrogen and oxygen atoms in total. The number of anilines is 2. The molecule has 0 spiro atoms. The van der Waals surface area contributed by atoms with Gasteiger partial charge in [-0.3, -0.25) is 4.79 Å². The van der Waals surface area contributed by atoms with Crippen molar-refractivity contribution in [2.24, 2.45) is 11.7 Å². The number of allylic oxidation sites excluding steroid dienone is 7. The van der Waals surface area contributed by atoms with Gasteiger partial charge < -0.3 is 16.4 Å². The lowest BCUT2D eigenvalue weighted by molar-refractivity contribution is -0.112. The molecule has 0 aliphatic heterocycles. The maximum absolute atomic E-state index is 15.4. The molecule has 1 fully saturated rings. The number of alkyl halides is 3. The minimum Gasteiger partial charge on any atom is -0.351 e. The SMILES string of the molecule is C\C=C/C=C(\C=C/C)C(CCC1CC1)(NSC)c1ccc(F)c(NC(=O)/C(=C/C(=C/CC)C(F)(F)F)Nc2cccc(CN)c2)c1. The standard InChI is InChI=1S/C36H44F4N4OS/c1-5-8-13-27(10-6-2)35(44-46-4,20-19-25-15-16-25)28-17-18-31(37)32(22-28)43-34(45)33(23-29(11-7-3)36(38,39)40)42-30-14-9-12-26(21-30)24-41/h5-6,8-14,17-18,21-23,25,42,44H,7,15-16,19-20,24,41H2,1-4H3,(H,43,45)/b8-5-,10-6-,27-13+,29-11-,33-23-. The van der Waals surface area contributed by atoms with E-state index in [4.69, 9.17) is 5.73 Å². The Kier molecular flexibility index (Phi) is 13.9. The molecule has 46 heavy (non-hydrogen) atoms. The maximum atomic E-state index is 15.4. The Hall–Kier alpha value is -3.60. The zero-order valence-electron chi connectivity index (χ0n) is 26.8. The molecule has 1 saturated carbocycles. The third-order valence-corrected chi connectivity index (χ3v) is 8.21. The molecule has 2 aromatic rings. The molecule has 2 aromatic carbocycles. The van der Waals surface area contributed by atoms with Crippen LogP contribution in [0.3, 0.4) is 0 Å². The summed E-state index contributed by atoms with van der Waals surface area (Å²) in [6, 6.07) is 11.2. The highest BCUT2D eigenvalue weighted by Gasteiger charge is 2.37. The van der Waals surface area contributed by atoms with Crippen molar-refractivity contribution in [2.45, 2.75) is 71.1 Å². The third-order valence-electron chi connectivity index (χ3n) is 7.65. The van der Waals surface area contributed by atoms with E-state index in [1.807, 2.05) is 50.5 Å². The van der Waals surface area contributed by atoms with Crippen molar-refractivity contribution in [2.75, 3.05) is 16.9 Å². The fourth-order valence-electron chi connectivity index (χ4n) is 5.14. The van der Waals surface area contributed by atoms with Gasteiger partial charge in [0.2, 0.25) is 0 Å². The van der Waals surface area contributed by atoms with E-state index in [0.29, 0.717) is 23.6 Å². The van der Waals surface area contributed by atoms with Gasteiger partial charge in [0.1, 0.15) is 11.5 Å². The molecular weight excluding hydrogens is 612 g/mol. The van der Waals surface area contributed by atoms with Crippen LogP contribution in [0.15, 0.2) is 102 Å². The number of benzene rings is 2. The molecule has 5 N–H and O–H groups in total. The number of rotatable bonds is 16. The van der Waals surface area contributed by atoms with Crippen LogP contribution in [-0.2, 0) is 16.9 Å². The van der Waals surface area contributed by atoms with Gasteiger partial charge >= 0.3 is 6.18 Å². The summed E-state index contributed by atoms with van der Waals surface area (Å²) in [5, 5.41) is 5.36. The first-order valence-corrected chi connectivity index (χ1v) is 16.7. The summed E-state index contributed by atoms with van der Waals surface area (Å²) in [5.74, 6) is -1.03. The fraction of sp³-hybridized carbons (Fsp3) is 0.361. The number of carbonyl (C=O) groups excluding carboxylic acids is 1. The van der Waals surface area contributed by atoms with Gasteiger partial charge in [-0.15, -0.1) is 0 Å². The molecule has 3 rings (SSSR count). The molecule has 248 valence electrons. The van der Waals surface area contributed by atoms with Crippen LogP contribution in [0.5, 0.6) is 0 Å². The van der Waals surface area contributed by atoms with Crippen LogP contribution >= 0.6 is 11.9 Å². The number of halogens is 4. The Labute approximate surface area is 274 Å². The quantitative estimate of drug-likeness (QED) is 0.0627. The van der Waals surface area contributed by atoms with Gasteiger partial charge in [0.05, 0.1) is 16.8 Å². The normalized spacial score (nSPS) is 16.2. The second-order valence-corrected chi connectivity index (χ2v) is 11.8. The molecule has 1 unspecified atom stereocenters. The van der Waals surface area contributed by atoms with Crippen LogP contribution in [0.1, 0.15) is 64.0 Å². The highest BCUT2D eigenvalue weighted by molar-refractivity contribution is 7.96. The second kappa shape index (κ2) is 17.4. The average molecular weight is 657 g/mol. The number of hydrogen-bond acceptors (Lipinski definition) is 5. The van der Waals surface area contributed by atoms with Gasteiger partial charge in [-0.1, -0.05) is 86.4 Å². The summed E-state index contributed by atoms with van der Waals surface area (Å²) in [7, 11) is 0. The Morgan fingerprint density at radius 2 is 1.83 bits per heavy atom. The van der Waals surface area contributed by atoms with E-state index in [2.05, 4.69) is 15.4 Å². The zero-order valence-corrected chi connectivity index (χ0v) is 27.6. The summed E-state index contributed by atoms with van der Waals surface area (Å²) >= 11 is 1.44. The topological polar surface area (TPSA) is 79.2 Å². The summed E-state index contributed by atoms with van der Waals surface area (Å²) in [4.78, 5) is 13.7. The predicted molar refractivity (Wildman–Crippen MR) is 183 cm³/mol. The van der Waals surface area contributed by atoms with Crippen molar-refractivity contribution >= 4 is 29.2 Å². The smallest absolute Gasteiger partial charge is 0.351 e. The van der Waals surface area contributed by atoms with E-state index in [-0.39, 0.29) is 18.7 Å². The molecule has 0 saturated heterocycles. The lowest BCUT2D eigenvalue weighted by atomic mass is 9.78. The third kappa shape index (κ3) is 10.2. The Morgan fingerprint density at radius 3 is 2.43 bits per heavy atom. The number of carbonyl (C=O) groups is 1. The Balaban J connectivity index is 2.12. The molecule has 10 heteroatoms. The van der Waals surface area contributed by atoms with Crippen LogP contribution in [0.2, 0.25) is 0 Å². The minimum atomic E-state index is -4.71. The number of nitrogens with two attached hydrogens (primary N) is 1. The van der Waals surface area contributed by atoms with Crippen molar-refractivity contribution in [3.8, 4) is 0 Å². The first kappa shape index (κ1) is 36.9. The number of amides is 1. The van der Waals surface area contributed by atoms with E-state index in [1.165, 1.54) is 30.9 Å². The first-order valence-electron chi connectivity index (χ1n) is 15.4. The Bertz CT molecular complexity index is 1490. The maximum Gasteiger partial charge on any atom is 0.416 e. The predicted octanol–water partition coefficient (Wildman–Crippen LogP) is 9.45. The second-order valence-electron chi connectivity index (χ2n) is 11.1. The lowest BCUT2D eigenvalue weighted by Gasteiger charge is -2.37. The molecule has 0 aromatic heterocycles. The van der Waals surface area contributed by atoms with Crippen molar-refractivity contribution in [3.63, 3.8) is 0 Å². The van der Waals surface area contributed by atoms with Gasteiger partial charge in [0, 0.05) is 12.2 Å². The van der Waals surface area contributed by atoms with Crippen molar-refractivity contribution in [1.29, 1.82) is 0 Å².